The molecule has 0 spiro atoms. The SMILES string of the molecule is CCCC1CCCC(Nc2ccc(OCC)cc2C)CC1. The summed E-state index contributed by atoms with van der Waals surface area (Å²) in [5, 5.41) is 3.77. The molecule has 0 bridgehead atoms. The minimum atomic E-state index is 0.642. The maximum atomic E-state index is 5.56. The van der Waals surface area contributed by atoms with Gasteiger partial charge in [0.05, 0.1) is 6.61 Å². The van der Waals surface area contributed by atoms with Crippen molar-refractivity contribution >= 4 is 5.69 Å². The van der Waals surface area contributed by atoms with E-state index in [9.17, 15) is 0 Å². The largest absolute Gasteiger partial charge is 0.494 e. The molecule has 2 rings (SSSR count). The molecule has 1 N–H and O–H groups in total. The van der Waals surface area contributed by atoms with Crippen LogP contribution in [-0.2, 0) is 0 Å². The molecule has 0 radical (unpaired) electrons. The molecule has 0 amide bonds. The first kappa shape index (κ1) is 16.2. The Morgan fingerprint density at radius 1 is 1.14 bits per heavy atom. The Morgan fingerprint density at radius 3 is 2.71 bits per heavy atom. The highest BCUT2D eigenvalue weighted by Crippen LogP contribution is 2.29. The summed E-state index contributed by atoms with van der Waals surface area (Å²) in [5.41, 5.74) is 2.56. The van der Waals surface area contributed by atoms with Crippen LogP contribution in [0.25, 0.3) is 0 Å². The lowest BCUT2D eigenvalue weighted by Gasteiger charge is -2.20. The summed E-state index contributed by atoms with van der Waals surface area (Å²) in [5.74, 6) is 1.94. The van der Waals surface area contributed by atoms with Gasteiger partial charge in [0.1, 0.15) is 5.75 Å². The number of ether oxygens (including phenoxy) is 1. The van der Waals surface area contributed by atoms with Crippen LogP contribution in [0.5, 0.6) is 5.75 Å². The summed E-state index contributed by atoms with van der Waals surface area (Å²) in [4.78, 5) is 0. The molecule has 1 aromatic rings. The van der Waals surface area contributed by atoms with Crippen LogP contribution in [0.4, 0.5) is 5.69 Å². The molecule has 1 aliphatic rings. The highest BCUT2D eigenvalue weighted by molar-refractivity contribution is 5.54. The topological polar surface area (TPSA) is 21.3 Å². The quantitative estimate of drug-likeness (QED) is 0.693. The van der Waals surface area contributed by atoms with E-state index < -0.39 is 0 Å². The Balaban J connectivity index is 1.92. The molecule has 0 aliphatic heterocycles. The lowest BCUT2D eigenvalue weighted by Crippen LogP contribution is -2.19. The summed E-state index contributed by atoms with van der Waals surface area (Å²) in [6.45, 7) is 7.23. The summed E-state index contributed by atoms with van der Waals surface area (Å²) >= 11 is 0. The fourth-order valence-electron chi connectivity index (χ4n) is 3.49. The number of aryl methyl sites for hydroxylation is 1. The minimum absolute atomic E-state index is 0.642. The molecular formula is C19H31NO. The van der Waals surface area contributed by atoms with E-state index in [0.29, 0.717) is 6.04 Å². The number of anilines is 1. The zero-order valence-electron chi connectivity index (χ0n) is 14.0. The van der Waals surface area contributed by atoms with E-state index >= 15 is 0 Å². The smallest absolute Gasteiger partial charge is 0.119 e. The van der Waals surface area contributed by atoms with E-state index in [1.807, 2.05) is 6.92 Å². The lowest BCUT2D eigenvalue weighted by molar-refractivity contribution is 0.340. The first-order valence-electron chi connectivity index (χ1n) is 8.72. The van der Waals surface area contributed by atoms with Crippen molar-refractivity contribution in [1.82, 2.24) is 0 Å². The third-order valence-electron chi connectivity index (χ3n) is 4.65. The monoisotopic (exact) mass is 289 g/mol. The molecule has 0 heterocycles. The molecule has 21 heavy (non-hydrogen) atoms. The summed E-state index contributed by atoms with van der Waals surface area (Å²) in [6.07, 6.45) is 9.56. The molecular weight excluding hydrogens is 258 g/mol. The first-order valence-corrected chi connectivity index (χ1v) is 8.72. The average Bonchev–Trinajstić information content (AvgIpc) is 2.68. The highest BCUT2D eigenvalue weighted by Gasteiger charge is 2.18. The van der Waals surface area contributed by atoms with Crippen LogP contribution in [0.3, 0.4) is 0 Å². The van der Waals surface area contributed by atoms with Gasteiger partial charge in [-0.2, -0.15) is 0 Å². The van der Waals surface area contributed by atoms with Gasteiger partial charge < -0.3 is 10.1 Å². The Labute approximate surface area is 130 Å². The summed E-state index contributed by atoms with van der Waals surface area (Å²) < 4.78 is 5.56. The van der Waals surface area contributed by atoms with Crippen molar-refractivity contribution in [1.29, 1.82) is 0 Å². The standard InChI is InChI=1S/C19H31NO/c1-4-7-16-8-6-9-17(11-10-16)20-19-13-12-18(21-5-2)14-15(19)3/h12-14,16-17,20H,4-11H2,1-3H3. The van der Waals surface area contributed by atoms with E-state index in [0.717, 1.165) is 18.3 Å². The molecule has 118 valence electrons. The summed E-state index contributed by atoms with van der Waals surface area (Å²) in [6, 6.07) is 7.04. The number of rotatable bonds is 6. The van der Waals surface area contributed by atoms with Gasteiger partial charge in [-0.15, -0.1) is 0 Å². The molecule has 1 aromatic carbocycles. The van der Waals surface area contributed by atoms with Crippen LogP contribution < -0.4 is 10.1 Å². The third-order valence-corrected chi connectivity index (χ3v) is 4.65. The molecule has 1 fully saturated rings. The van der Waals surface area contributed by atoms with Crippen molar-refractivity contribution in [3.8, 4) is 5.75 Å². The van der Waals surface area contributed by atoms with Crippen molar-refractivity contribution in [2.75, 3.05) is 11.9 Å². The molecule has 2 nitrogen and oxygen atoms in total. The van der Waals surface area contributed by atoms with E-state index in [1.165, 1.54) is 56.2 Å². The van der Waals surface area contributed by atoms with Gasteiger partial charge in [-0.3, -0.25) is 0 Å². The molecule has 0 aromatic heterocycles. The number of hydrogen-bond donors (Lipinski definition) is 1. The second-order valence-corrected chi connectivity index (χ2v) is 6.41. The van der Waals surface area contributed by atoms with Crippen LogP contribution in [0, 0.1) is 12.8 Å². The van der Waals surface area contributed by atoms with Crippen molar-refractivity contribution in [2.24, 2.45) is 5.92 Å². The Kier molecular flexibility index (Phi) is 6.41. The van der Waals surface area contributed by atoms with Gasteiger partial charge in [0.25, 0.3) is 0 Å². The number of nitrogens with one attached hydrogen (secondary N) is 1. The normalized spacial score (nSPS) is 22.6. The van der Waals surface area contributed by atoms with E-state index in [4.69, 9.17) is 4.74 Å². The maximum absolute atomic E-state index is 5.56. The van der Waals surface area contributed by atoms with Crippen molar-refractivity contribution in [2.45, 2.75) is 71.8 Å². The fraction of sp³-hybridized carbons (Fsp3) is 0.684. The predicted molar refractivity (Wildman–Crippen MR) is 91.2 cm³/mol. The highest BCUT2D eigenvalue weighted by atomic mass is 16.5. The number of hydrogen-bond acceptors (Lipinski definition) is 2. The fourth-order valence-corrected chi connectivity index (χ4v) is 3.49. The Bertz CT molecular complexity index is 430. The lowest BCUT2D eigenvalue weighted by atomic mass is 9.95. The maximum Gasteiger partial charge on any atom is 0.119 e. The molecule has 1 aliphatic carbocycles. The molecule has 2 unspecified atom stereocenters. The first-order chi connectivity index (χ1) is 10.2. The van der Waals surface area contributed by atoms with Crippen LogP contribution in [0.15, 0.2) is 18.2 Å². The van der Waals surface area contributed by atoms with Gasteiger partial charge >= 0.3 is 0 Å². The van der Waals surface area contributed by atoms with Gasteiger partial charge in [-0.1, -0.05) is 32.6 Å². The van der Waals surface area contributed by atoms with Gasteiger partial charge in [0, 0.05) is 11.7 Å². The van der Waals surface area contributed by atoms with Gasteiger partial charge in [-0.05, 0) is 62.8 Å². The van der Waals surface area contributed by atoms with Crippen LogP contribution >= 0.6 is 0 Å². The van der Waals surface area contributed by atoms with Gasteiger partial charge in [0.2, 0.25) is 0 Å². The summed E-state index contributed by atoms with van der Waals surface area (Å²) in [7, 11) is 0. The van der Waals surface area contributed by atoms with Crippen LogP contribution in [-0.4, -0.2) is 12.6 Å². The number of benzene rings is 1. The van der Waals surface area contributed by atoms with E-state index in [-0.39, 0.29) is 0 Å². The zero-order chi connectivity index (χ0) is 15.1. The average molecular weight is 289 g/mol. The predicted octanol–water partition coefficient (Wildman–Crippen LogP) is 5.55. The van der Waals surface area contributed by atoms with Gasteiger partial charge in [0.15, 0.2) is 0 Å². The van der Waals surface area contributed by atoms with Crippen molar-refractivity contribution in [3.63, 3.8) is 0 Å². The second kappa shape index (κ2) is 8.31. The Morgan fingerprint density at radius 2 is 2.00 bits per heavy atom. The minimum Gasteiger partial charge on any atom is -0.494 e. The van der Waals surface area contributed by atoms with Gasteiger partial charge in [-0.25, -0.2) is 0 Å². The van der Waals surface area contributed by atoms with Crippen LogP contribution in [0.2, 0.25) is 0 Å². The Hall–Kier alpha value is -1.18. The van der Waals surface area contributed by atoms with E-state index in [2.05, 4.69) is 37.4 Å². The molecule has 2 atom stereocenters. The van der Waals surface area contributed by atoms with Crippen molar-refractivity contribution < 1.29 is 4.74 Å². The zero-order valence-corrected chi connectivity index (χ0v) is 14.0. The third kappa shape index (κ3) is 4.94. The van der Waals surface area contributed by atoms with Crippen molar-refractivity contribution in [3.05, 3.63) is 23.8 Å². The molecule has 0 saturated heterocycles. The molecule has 2 heteroatoms. The molecule has 1 saturated carbocycles. The van der Waals surface area contributed by atoms with E-state index in [1.54, 1.807) is 0 Å². The van der Waals surface area contributed by atoms with Crippen LogP contribution in [0.1, 0.15) is 64.4 Å². The second-order valence-electron chi connectivity index (χ2n) is 6.41.